The lowest BCUT2D eigenvalue weighted by atomic mass is 9.89. The van der Waals surface area contributed by atoms with Gasteiger partial charge in [-0.05, 0) is 17.9 Å². The molecule has 0 saturated carbocycles. The smallest absolute Gasteiger partial charge is 0.201 e. The zero-order chi connectivity index (χ0) is 14.9. The van der Waals surface area contributed by atoms with Crippen molar-refractivity contribution in [2.45, 2.75) is 26.8 Å². The molecule has 20 heavy (non-hydrogen) atoms. The van der Waals surface area contributed by atoms with Crippen LogP contribution in [0.5, 0.6) is 0 Å². The highest BCUT2D eigenvalue weighted by Crippen LogP contribution is 2.30. The van der Waals surface area contributed by atoms with Crippen molar-refractivity contribution in [3.63, 3.8) is 0 Å². The SMILES string of the molecule is COCCC(C)(C)Cn1c(N)nc2cc(F)c(Cl)cc21. The van der Waals surface area contributed by atoms with Crippen molar-refractivity contribution in [1.82, 2.24) is 9.55 Å². The van der Waals surface area contributed by atoms with Crippen LogP contribution in [0.15, 0.2) is 12.1 Å². The Hall–Kier alpha value is -1.33. The molecule has 0 bridgehead atoms. The van der Waals surface area contributed by atoms with Crippen LogP contribution in [0.4, 0.5) is 10.3 Å². The highest BCUT2D eigenvalue weighted by Gasteiger charge is 2.22. The number of fused-ring (bicyclic) bond motifs is 1. The van der Waals surface area contributed by atoms with Gasteiger partial charge in [0, 0.05) is 26.3 Å². The van der Waals surface area contributed by atoms with Gasteiger partial charge < -0.3 is 15.0 Å². The number of anilines is 1. The number of halogens is 2. The first kappa shape index (κ1) is 15.1. The third-order valence-electron chi connectivity index (χ3n) is 3.39. The van der Waals surface area contributed by atoms with Gasteiger partial charge in [0.1, 0.15) is 5.82 Å². The van der Waals surface area contributed by atoms with Gasteiger partial charge in [0.25, 0.3) is 0 Å². The second kappa shape index (κ2) is 5.58. The summed E-state index contributed by atoms with van der Waals surface area (Å²) in [6.45, 7) is 5.60. The molecule has 0 aliphatic rings. The maximum absolute atomic E-state index is 13.5. The topological polar surface area (TPSA) is 53.1 Å². The molecule has 1 aromatic carbocycles. The first-order chi connectivity index (χ1) is 9.34. The third kappa shape index (κ3) is 3.04. The number of nitrogen functional groups attached to an aromatic ring is 1. The molecule has 2 aromatic rings. The van der Waals surface area contributed by atoms with Gasteiger partial charge in [-0.25, -0.2) is 9.37 Å². The molecule has 1 heterocycles. The summed E-state index contributed by atoms with van der Waals surface area (Å²) >= 11 is 5.85. The van der Waals surface area contributed by atoms with E-state index in [-0.39, 0.29) is 10.4 Å². The van der Waals surface area contributed by atoms with Crippen molar-refractivity contribution >= 4 is 28.6 Å². The maximum Gasteiger partial charge on any atom is 0.201 e. The van der Waals surface area contributed by atoms with Gasteiger partial charge in [-0.15, -0.1) is 0 Å². The number of ether oxygens (including phenoxy) is 1. The van der Waals surface area contributed by atoms with Gasteiger partial charge in [0.15, 0.2) is 0 Å². The van der Waals surface area contributed by atoms with Crippen molar-refractivity contribution < 1.29 is 9.13 Å². The minimum Gasteiger partial charge on any atom is -0.385 e. The van der Waals surface area contributed by atoms with Crippen LogP contribution in [0.2, 0.25) is 5.02 Å². The molecule has 0 unspecified atom stereocenters. The lowest BCUT2D eigenvalue weighted by molar-refractivity contribution is 0.143. The summed E-state index contributed by atoms with van der Waals surface area (Å²) in [6, 6.07) is 2.88. The van der Waals surface area contributed by atoms with Crippen molar-refractivity contribution in [3.8, 4) is 0 Å². The second-order valence-electron chi connectivity index (χ2n) is 5.72. The lowest BCUT2D eigenvalue weighted by Crippen LogP contribution is -2.22. The van der Waals surface area contributed by atoms with E-state index < -0.39 is 5.82 Å². The van der Waals surface area contributed by atoms with Crippen LogP contribution in [0, 0.1) is 11.2 Å². The first-order valence-corrected chi connectivity index (χ1v) is 6.81. The fraction of sp³-hybridized carbons (Fsp3) is 0.500. The number of benzene rings is 1. The van der Waals surface area contributed by atoms with Crippen LogP contribution in [0.3, 0.4) is 0 Å². The largest absolute Gasteiger partial charge is 0.385 e. The van der Waals surface area contributed by atoms with E-state index in [1.165, 1.54) is 6.07 Å². The Bertz CT molecular complexity index is 624. The van der Waals surface area contributed by atoms with Crippen molar-refractivity contribution in [2.75, 3.05) is 19.5 Å². The summed E-state index contributed by atoms with van der Waals surface area (Å²) in [7, 11) is 1.68. The maximum atomic E-state index is 13.5. The van der Waals surface area contributed by atoms with Crippen molar-refractivity contribution in [3.05, 3.63) is 23.0 Å². The van der Waals surface area contributed by atoms with Gasteiger partial charge in [-0.1, -0.05) is 25.4 Å². The number of hydrogen-bond donors (Lipinski definition) is 1. The zero-order valence-corrected chi connectivity index (χ0v) is 12.7. The molecular formula is C14H19ClFN3O. The normalized spacial score (nSPS) is 12.2. The molecule has 1 aromatic heterocycles. The molecule has 6 heteroatoms. The molecule has 0 fully saturated rings. The van der Waals surface area contributed by atoms with E-state index in [0.29, 0.717) is 24.6 Å². The predicted molar refractivity (Wildman–Crippen MR) is 79.4 cm³/mol. The Morgan fingerprint density at radius 3 is 2.80 bits per heavy atom. The van der Waals surface area contributed by atoms with Crippen molar-refractivity contribution in [1.29, 1.82) is 0 Å². The van der Waals surface area contributed by atoms with Crippen LogP contribution in [-0.2, 0) is 11.3 Å². The van der Waals surface area contributed by atoms with Crippen LogP contribution >= 0.6 is 11.6 Å². The quantitative estimate of drug-likeness (QED) is 0.919. The monoisotopic (exact) mass is 299 g/mol. The molecule has 0 atom stereocenters. The van der Waals surface area contributed by atoms with E-state index in [1.54, 1.807) is 13.2 Å². The molecule has 0 spiro atoms. The summed E-state index contributed by atoms with van der Waals surface area (Å²) in [5, 5.41) is 0.0772. The van der Waals surface area contributed by atoms with Crippen LogP contribution in [-0.4, -0.2) is 23.3 Å². The molecule has 0 aliphatic carbocycles. The molecule has 110 valence electrons. The lowest BCUT2D eigenvalue weighted by Gasteiger charge is -2.25. The number of aromatic nitrogens is 2. The minimum atomic E-state index is -0.484. The van der Waals surface area contributed by atoms with Gasteiger partial charge in [0.05, 0.1) is 16.1 Å². The van der Waals surface area contributed by atoms with Crippen molar-refractivity contribution in [2.24, 2.45) is 5.41 Å². The zero-order valence-electron chi connectivity index (χ0n) is 11.9. The highest BCUT2D eigenvalue weighted by atomic mass is 35.5. The Labute approximate surface area is 122 Å². The fourth-order valence-corrected chi connectivity index (χ4v) is 2.35. The molecule has 0 aliphatic heterocycles. The van der Waals surface area contributed by atoms with E-state index in [1.807, 2.05) is 4.57 Å². The second-order valence-corrected chi connectivity index (χ2v) is 6.13. The molecule has 0 amide bonds. The van der Waals surface area contributed by atoms with E-state index >= 15 is 0 Å². The molecular weight excluding hydrogens is 281 g/mol. The Morgan fingerprint density at radius 1 is 1.45 bits per heavy atom. The number of hydrogen-bond acceptors (Lipinski definition) is 3. The van der Waals surface area contributed by atoms with E-state index in [9.17, 15) is 4.39 Å². The number of nitrogens with zero attached hydrogens (tertiary/aromatic N) is 2. The number of nitrogens with two attached hydrogens (primary N) is 1. The molecule has 2 rings (SSSR count). The minimum absolute atomic E-state index is 0.0153. The molecule has 0 saturated heterocycles. The summed E-state index contributed by atoms with van der Waals surface area (Å²) in [6.07, 6.45) is 0.886. The van der Waals surface area contributed by atoms with Crippen LogP contribution in [0.1, 0.15) is 20.3 Å². The highest BCUT2D eigenvalue weighted by molar-refractivity contribution is 6.31. The van der Waals surface area contributed by atoms with Gasteiger partial charge in [-0.2, -0.15) is 0 Å². The Morgan fingerprint density at radius 2 is 2.15 bits per heavy atom. The number of imidazole rings is 1. The summed E-state index contributed by atoms with van der Waals surface area (Å²) in [5.41, 5.74) is 7.20. The van der Waals surface area contributed by atoms with E-state index in [4.69, 9.17) is 22.1 Å². The molecule has 0 radical (unpaired) electrons. The van der Waals surface area contributed by atoms with E-state index in [2.05, 4.69) is 18.8 Å². The van der Waals surface area contributed by atoms with Gasteiger partial charge in [0.2, 0.25) is 5.95 Å². The van der Waals surface area contributed by atoms with Gasteiger partial charge in [-0.3, -0.25) is 0 Å². The number of rotatable bonds is 5. The number of methoxy groups -OCH3 is 1. The Kier molecular flexibility index (Phi) is 4.20. The summed E-state index contributed by atoms with van der Waals surface area (Å²) in [5.74, 6) is -0.116. The molecule has 4 nitrogen and oxygen atoms in total. The average Bonchev–Trinajstić information content (AvgIpc) is 2.64. The summed E-state index contributed by atoms with van der Waals surface area (Å²) in [4.78, 5) is 4.19. The van der Waals surface area contributed by atoms with Crippen LogP contribution in [0.25, 0.3) is 11.0 Å². The first-order valence-electron chi connectivity index (χ1n) is 6.44. The average molecular weight is 300 g/mol. The van der Waals surface area contributed by atoms with Crippen LogP contribution < -0.4 is 5.73 Å². The Balaban J connectivity index is 2.39. The summed E-state index contributed by atoms with van der Waals surface area (Å²) < 4.78 is 20.4. The predicted octanol–water partition coefficient (Wildman–Crippen LogP) is 3.47. The fourth-order valence-electron chi connectivity index (χ4n) is 2.19. The standard InChI is InChI=1S/C14H19ClFN3O/c1-14(2,4-5-20-3)8-19-12-6-9(15)10(16)7-11(12)18-13(19)17/h6-7H,4-5,8H2,1-3H3,(H2,17,18). The molecule has 2 N–H and O–H groups in total. The van der Waals surface area contributed by atoms with Gasteiger partial charge >= 0.3 is 0 Å². The van der Waals surface area contributed by atoms with E-state index in [0.717, 1.165) is 11.9 Å². The third-order valence-corrected chi connectivity index (χ3v) is 3.68.